The zero-order chi connectivity index (χ0) is 20.1. The van der Waals surface area contributed by atoms with Gasteiger partial charge in [-0.3, -0.25) is 13.9 Å². The molecule has 0 amide bonds. The van der Waals surface area contributed by atoms with Crippen LogP contribution in [-0.2, 0) is 19.9 Å². The van der Waals surface area contributed by atoms with Gasteiger partial charge in [0.05, 0.1) is 7.11 Å². The SMILES string of the molecule is CCCCCCCCCCCCCCCCCC(=O)OC.O=S(=O)(O)O. The van der Waals surface area contributed by atoms with E-state index in [-0.39, 0.29) is 5.97 Å². The topological polar surface area (TPSA) is 101 Å². The molecule has 158 valence electrons. The van der Waals surface area contributed by atoms with Crippen LogP contribution >= 0.6 is 0 Å². The third-order valence-electron chi connectivity index (χ3n) is 4.21. The van der Waals surface area contributed by atoms with Crippen LogP contribution in [0.3, 0.4) is 0 Å². The van der Waals surface area contributed by atoms with Crippen LogP contribution < -0.4 is 0 Å². The number of hydrogen-bond acceptors (Lipinski definition) is 4. The summed E-state index contributed by atoms with van der Waals surface area (Å²) >= 11 is 0. The second-order valence-corrected chi connectivity index (χ2v) is 7.62. The third-order valence-corrected chi connectivity index (χ3v) is 4.21. The molecule has 0 aromatic heterocycles. The molecule has 0 aliphatic rings. The van der Waals surface area contributed by atoms with Crippen molar-refractivity contribution in [3.8, 4) is 0 Å². The number of carbonyl (C=O) groups is 1. The van der Waals surface area contributed by atoms with Crippen LogP contribution in [0.4, 0.5) is 0 Å². The molecule has 0 radical (unpaired) electrons. The average molecular weight is 397 g/mol. The van der Waals surface area contributed by atoms with Crippen molar-refractivity contribution in [3.63, 3.8) is 0 Å². The maximum atomic E-state index is 10.9. The van der Waals surface area contributed by atoms with Crippen molar-refractivity contribution in [2.45, 2.75) is 110 Å². The first kappa shape index (κ1) is 27.6. The van der Waals surface area contributed by atoms with E-state index in [4.69, 9.17) is 17.5 Å². The molecule has 0 aliphatic heterocycles. The molecule has 0 bridgehead atoms. The molecular weight excluding hydrogens is 356 g/mol. The second kappa shape index (κ2) is 20.6. The van der Waals surface area contributed by atoms with E-state index in [9.17, 15) is 4.79 Å². The Hall–Kier alpha value is -0.660. The lowest BCUT2D eigenvalue weighted by molar-refractivity contribution is -0.140. The smallest absolute Gasteiger partial charge is 0.394 e. The third kappa shape index (κ3) is 34.6. The van der Waals surface area contributed by atoms with Gasteiger partial charge in [-0.1, -0.05) is 96.8 Å². The zero-order valence-electron chi connectivity index (χ0n) is 16.7. The molecule has 0 atom stereocenters. The van der Waals surface area contributed by atoms with Gasteiger partial charge in [0, 0.05) is 6.42 Å². The van der Waals surface area contributed by atoms with E-state index in [1.54, 1.807) is 0 Å². The summed E-state index contributed by atoms with van der Waals surface area (Å²) in [4.78, 5) is 10.9. The fraction of sp³-hybridized carbons (Fsp3) is 0.947. The Balaban J connectivity index is 0. The predicted molar refractivity (Wildman–Crippen MR) is 106 cm³/mol. The lowest BCUT2D eigenvalue weighted by atomic mass is 10.0. The summed E-state index contributed by atoms with van der Waals surface area (Å²) in [6.07, 6.45) is 20.9. The molecule has 6 nitrogen and oxygen atoms in total. The van der Waals surface area contributed by atoms with Crippen LogP contribution in [0.15, 0.2) is 0 Å². The maximum absolute atomic E-state index is 10.9. The Morgan fingerprint density at radius 2 is 0.962 bits per heavy atom. The molecule has 0 heterocycles. The van der Waals surface area contributed by atoms with Crippen molar-refractivity contribution in [3.05, 3.63) is 0 Å². The number of carbonyl (C=O) groups excluding carboxylic acids is 1. The van der Waals surface area contributed by atoms with Gasteiger partial charge in [0.2, 0.25) is 0 Å². The molecule has 0 spiro atoms. The minimum Gasteiger partial charge on any atom is -0.469 e. The largest absolute Gasteiger partial charge is 0.469 e. The van der Waals surface area contributed by atoms with Crippen molar-refractivity contribution in [1.29, 1.82) is 0 Å². The van der Waals surface area contributed by atoms with E-state index < -0.39 is 10.4 Å². The number of esters is 1. The maximum Gasteiger partial charge on any atom is 0.394 e. The van der Waals surface area contributed by atoms with E-state index in [1.807, 2.05) is 0 Å². The second-order valence-electron chi connectivity index (χ2n) is 6.72. The van der Waals surface area contributed by atoms with Gasteiger partial charge in [-0.2, -0.15) is 8.42 Å². The summed E-state index contributed by atoms with van der Waals surface area (Å²) in [5.74, 6) is -0.0651. The van der Waals surface area contributed by atoms with Crippen molar-refractivity contribution in [1.82, 2.24) is 0 Å². The van der Waals surface area contributed by atoms with E-state index in [2.05, 4.69) is 11.7 Å². The van der Waals surface area contributed by atoms with Crippen molar-refractivity contribution in [2.75, 3.05) is 7.11 Å². The Morgan fingerprint density at radius 1 is 0.692 bits per heavy atom. The Labute approximate surface area is 160 Å². The van der Waals surface area contributed by atoms with Crippen molar-refractivity contribution in [2.24, 2.45) is 0 Å². The fourth-order valence-corrected chi connectivity index (χ4v) is 2.74. The highest BCUT2D eigenvalue weighted by atomic mass is 32.3. The highest BCUT2D eigenvalue weighted by Gasteiger charge is 1.99. The molecule has 0 fully saturated rings. The van der Waals surface area contributed by atoms with Crippen LogP contribution in [0.2, 0.25) is 0 Å². The monoisotopic (exact) mass is 396 g/mol. The summed E-state index contributed by atoms with van der Waals surface area (Å²) in [6, 6.07) is 0. The predicted octanol–water partition coefficient (Wildman–Crippen LogP) is 5.77. The van der Waals surface area contributed by atoms with Gasteiger partial charge >= 0.3 is 16.4 Å². The van der Waals surface area contributed by atoms with Crippen LogP contribution in [0.5, 0.6) is 0 Å². The molecule has 7 heteroatoms. The van der Waals surface area contributed by atoms with Gasteiger partial charge in [-0.05, 0) is 6.42 Å². The molecule has 2 N–H and O–H groups in total. The van der Waals surface area contributed by atoms with Gasteiger partial charge in [-0.15, -0.1) is 0 Å². The summed E-state index contributed by atoms with van der Waals surface area (Å²) in [6.45, 7) is 2.28. The first-order chi connectivity index (χ1) is 12.3. The summed E-state index contributed by atoms with van der Waals surface area (Å²) in [7, 11) is -3.20. The molecular formula is C19H40O6S. The molecule has 26 heavy (non-hydrogen) atoms. The molecule has 0 saturated heterocycles. The summed E-state index contributed by atoms with van der Waals surface area (Å²) in [5, 5.41) is 0. The van der Waals surface area contributed by atoms with Crippen LogP contribution in [0.1, 0.15) is 110 Å². The average Bonchev–Trinajstić information content (AvgIpc) is 2.56. The van der Waals surface area contributed by atoms with E-state index >= 15 is 0 Å². The van der Waals surface area contributed by atoms with Gasteiger partial charge in [-0.25, -0.2) is 0 Å². The first-order valence-corrected chi connectivity index (χ1v) is 11.5. The first-order valence-electron chi connectivity index (χ1n) is 10.1. The van der Waals surface area contributed by atoms with E-state index in [0.29, 0.717) is 6.42 Å². The Bertz CT molecular complexity index is 387. The molecule has 0 aliphatic carbocycles. The minimum absolute atomic E-state index is 0.0651. The highest BCUT2D eigenvalue weighted by molar-refractivity contribution is 7.79. The van der Waals surface area contributed by atoms with E-state index in [1.165, 1.54) is 97.0 Å². The lowest BCUT2D eigenvalue weighted by Gasteiger charge is -2.03. The minimum atomic E-state index is -4.67. The number of hydrogen-bond donors (Lipinski definition) is 2. The molecule has 0 saturated carbocycles. The Kier molecular flexibility index (Phi) is 21.9. The molecule has 0 unspecified atom stereocenters. The van der Waals surface area contributed by atoms with Crippen molar-refractivity contribution >= 4 is 16.4 Å². The Morgan fingerprint density at radius 3 is 1.23 bits per heavy atom. The lowest BCUT2D eigenvalue weighted by Crippen LogP contribution is -1.99. The van der Waals surface area contributed by atoms with Crippen LogP contribution in [-0.4, -0.2) is 30.6 Å². The number of unbranched alkanes of at least 4 members (excludes halogenated alkanes) is 14. The zero-order valence-corrected chi connectivity index (χ0v) is 17.6. The quantitative estimate of drug-likeness (QED) is 0.195. The number of ether oxygens (including phenoxy) is 1. The highest BCUT2D eigenvalue weighted by Crippen LogP contribution is 2.13. The van der Waals surface area contributed by atoms with E-state index in [0.717, 1.165) is 6.42 Å². The van der Waals surface area contributed by atoms with Gasteiger partial charge in [0.25, 0.3) is 0 Å². The fourth-order valence-electron chi connectivity index (χ4n) is 2.74. The van der Waals surface area contributed by atoms with Gasteiger partial charge in [0.1, 0.15) is 0 Å². The van der Waals surface area contributed by atoms with Crippen LogP contribution in [0, 0.1) is 0 Å². The van der Waals surface area contributed by atoms with Gasteiger partial charge < -0.3 is 4.74 Å². The van der Waals surface area contributed by atoms with Crippen LogP contribution in [0.25, 0.3) is 0 Å². The summed E-state index contributed by atoms with van der Waals surface area (Å²) < 4.78 is 36.2. The summed E-state index contributed by atoms with van der Waals surface area (Å²) in [5.41, 5.74) is 0. The number of methoxy groups -OCH3 is 1. The van der Waals surface area contributed by atoms with Gasteiger partial charge in [0.15, 0.2) is 0 Å². The normalized spacial score (nSPS) is 10.9. The molecule has 0 aromatic carbocycles. The standard InChI is InChI=1S/C19H38O2.H2O4S/c1-3-4-5-6-7-8-9-10-11-12-13-14-15-16-17-18-19(20)21-2;1-5(2,3)4/h3-18H2,1-2H3;(H2,1,2,3,4). The molecule has 0 rings (SSSR count). The molecule has 0 aromatic rings. The number of rotatable bonds is 16. The van der Waals surface area contributed by atoms with Crippen molar-refractivity contribution < 1.29 is 27.1 Å².